The molecule has 1 N–H and O–H groups in total. The lowest BCUT2D eigenvalue weighted by Gasteiger charge is -2.16. The highest BCUT2D eigenvalue weighted by Crippen LogP contribution is 2.28. The molecule has 3 rings (SSSR count). The van der Waals surface area contributed by atoms with Crippen LogP contribution in [-0.4, -0.2) is 49.4 Å². The van der Waals surface area contributed by atoms with Gasteiger partial charge in [-0.15, -0.1) is 0 Å². The van der Waals surface area contributed by atoms with Crippen LogP contribution >= 0.6 is 0 Å². The fourth-order valence-electron chi connectivity index (χ4n) is 4.54. The van der Waals surface area contributed by atoms with Gasteiger partial charge in [-0.2, -0.15) is 0 Å². The number of rotatable bonds is 23. The molecule has 49 heavy (non-hydrogen) atoms. The lowest BCUT2D eigenvalue weighted by atomic mass is 10.2. The monoisotopic (exact) mass is 674 g/mol. The molecule has 10 nitrogen and oxygen atoms in total. The smallest absolute Gasteiger partial charge is 0.343 e. The van der Waals surface area contributed by atoms with Crippen LogP contribution in [0.5, 0.6) is 23.0 Å². The van der Waals surface area contributed by atoms with Crippen molar-refractivity contribution in [3.8, 4) is 23.0 Å². The molecule has 0 bridgehead atoms. The largest absolute Gasteiger partial charge is 0.494 e. The lowest BCUT2D eigenvalue weighted by Crippen LogP contribution is -2.10. The zero-order valence-electron chi connectivity index (χ0n) is 28.1. The predicted octanol–water partition coefficient (Wildman–Crippen LogP) is 7.62. The van der Waals surface area contributed by atoms with Crippen LogP contribution in [0.3, 0.4) is 0 Å². The summed E-state index contributed by atoms with van der Waals surface area (Å²) in [4.78, 5) is 34.8. The molecule has 0 fully saturated rings. The summed E-state index contributed by atoms with van der Waals surface area (Å²) in [6.45, 7) is 10.4. The average Bonchev–Trinajstić information content (AvgIpc) is 3.11. The van der Waals surface area contributed by atoms with Crippen LogP contribution in [0.2, 0.25) is 0 Å². The minimum absolute atomic E-state index is 0.379. The molecule has 0 saturated carbocycles. The first kappa shape index (κ1) is 38.4. The topological polar surface area (TPSA) is 127 Å². The Balaban J connectivity index is 1.35. The van der Waals surface area contributed by atoms with Crippen molar-refractivity contribution in [2.24, 2.45) is 0 Å². The lowest BCUT2D eigenvalue weighted by molar-refractivity contribution is -0.138. The number of aliphatic hydroxyl groups excluding tert-OH is 1. The van der Waals surface area contributed by atoms with Crippen molar-refractivity contribution in [1.29, 1.82) is 0 Å². The fraction of sp³-hybridized carbons (Fsp3) is 0.359. The Hall–Kier alpha value is -5.09. The molecule has 1 unspecified atom stereocenters. The Morgan fingerprint density at radius 3 is 1.61 bits per heavy atom. The molecule has 0 aliphatic carbocycles. The van der Waals surface area contributed by atoms with Crippen LogP contribution in [0.25, 0.3) is 0 Å². The van der Waals surface area contributed by atoms with Crippen molar-refractivity contribution < 1.29 is 47.9 Å². The number of ether oxygens (including phenoxy) is 6. The van der Waals surface area contributed by atoms with Gasteiger partial charge in [0.05, 0.1) is 32.0 Å². The number of hydrogen-bond acceptors (Lipinski definition) is 10. The number of hydrogen-bond donors (Lipinski definition) is 1. The molecule has 1 atom stereocenters. The van der Waals surface area contributed by atoms with E-state index in [9.17, 15) is 19.5 Å². The van der Waals surface area contributed by atoms with Crippen LogP contribution in [0, 0.1) is 6.92 Å². The third kappa shape index (κ3) is 14.7. The van der Waals surface area contributed by atoms with Gasteiger partial charge in [0.2, 0.25) is 6.29 Å². The van der Waals surface area contributed by atoms with Gasteiger partial charge in [-0.25, -0.2) is 14.4 Å². The van der Waals surface area contributed by atoms with Gasteiger partial charge in [-0.05, 0) is 131 Å². The highest BCUT2D eigenvalue weighted by atomic mass is 16.6. The standard InChI is InChI=1S/C39H46O10/c1-4-36(40)46-26-12-8-6-10-24-44-32-18-14-30(15-19-32)38(42)48-34-22-23-35(29(3)28-34)49-39(43)31-16-20-33(21-17-31)45-25-11-7-9-13-27-47-37(41)5-2/h4-5,14-23,28,38,42H,1-2,6-13,24-27H2,3H3. The van der Waals surface area contributed by atoms with Crippen LogP contribution in [0.15, 0.2) is 92.0 Å². The minimum atomic E-state index is -1.20. The molecule has 0 aliphatic heterocycles. The maximum Gasteiger partial charge on any atom is 0.343 e. The predicted molar refractivity (Wildman–Crippen MR) is 185 cm³/mol. The van der Waals surface area contributed by atoms with E-state index in [1.807, 2.05) is 0 Å². The van der Waals surface area contributed by atoms with Gasteiger partial charge in [0.15, 0.2) is 0 Å². The normalized spacial score (nSPS) is 11.1. The number of esters is 3. The van der Waals surface area contributed by atoms with Crippen molar-refractivity contribution in [2.45, 2.75) is 64.6 Å². The molecule has 262 valence electrons. The van der Waals surface area contributed by atoms with E-state index in [1.165, 1.54) is 0 Å². The van der Waals surface area contributed by atoms with Gasteiger partial charge in [-0.1, -0.05) is 13.2 Å². The molecular formula is C39H46O10. The summed E-state index contributed by atoms with van der Waals surface area (Å²) in [5.74, 6) is 0.834. The summed E-state index contributed by atoms with van der Waals surface area (Å²) < 4.78 is 32.8. The summed E-state index contributed by atoms with van der Waals surface area (Å²) >= 11 is 0. The van der Waals surface area contributed by atoms with E-state index < -0.39 is 24.2 Å². The van der Waals surface area contributed by atoms with Gasteiger partial charge in [0.25, 0.3) is 0 Å². The summed E-state index contributed by atoms with van der Waals surface area (Å²) in [5.41, 5.74) is 1.61. The van der Waals surface area contributed by atoms with E-state index in [1.54, 1.807) is 73.7 Å². The summed E-state index contributed by atoms with van der Waals surface area (Å²) in [6.07, 6.45) is 8.21. The molecule has 0 radical (unpaired) electrons. The Morgan fingerprint density at radius 2 is 1.12 bits per heavy atom. The Bertz CT molecular complexity index is 1480. The number of carbonyl (C=O) groups excluding carboxylic acids is 3. The zero-order valence-corrected chi connectivity index (χ0v) is 28.1. The Labute approximate surface area is 288 Å². The average molecular weight is 675 g/mol. The van der Waals surface area contributed by atoms with Crippen LogP contribution in [0.4, 0.5) is 0 Å². The van der Waals surface area contributed by atoms with Crippen LogP contribution < -0.4 is 18.9 Å². The Kier molecular flexibility index (Phi) is 17.0. The number of aryl methyl sites for hydroxylation is 1. The Morgan fingerprint density at radius 1 is 0.653 bits per heavy atom. The molecule has 3 aromatic carbocycles. The van der Waals surface area contributed by atoms with Gasteiger partial charge in [-0.3, -0.25) is 0 Å². The highest BCUT2D eigenvalue weighted by molar-refractivity contribution is 5.91. The van der Waals surface area contributed by atoms with E-state index in [0.717, 1.165) is 63.5 Å². The van der Waals surface area contributed by atoms with Crippen LogP contribution in [-0.2, 0) is 19.1 Å². The van der Waals surface area contributed by atoms with E-state index in [4.69, 9.17) is 28.4 Å². The van der Waals surface area contributed by atoms with Gasteiger partial charge in [0.1, 0.15) is 23.0 Å². The second kappa shape index (κ2) is 21.7. The molecule has 10 heteroatoms. The summed E-state index contributed by atoms with van der Waals surface area (Å²) in [7, 11) is 0. The van der Waals surface area contributed by atoms with E-state index in [-0.39, 0.29) is 0 Å². The molecule has 3 aromatic rings. The third-order valence-corrected chi connectivity index (χ3v) is 7.29. The maximum absolute atomic E-state index is 12.8. The molecule has 0 aromatic heterocycles. The minimum Gasteiger partial charge on any atom is -0.494 e. The first-order chi connectivity index (χ1) is 23.8. The zero-order chi connectivity index (χ0) is 35.3. The van der Waals surface area contributed by atoms with E-state index >= 15 is 0 Å². The van der Waals surface area contributed by atoms with Crippen molar-refractivity contribution in [1.82, 2.24) is 0 Å². The highest BCUT2D eigenvalue weighted by Gasteiger charge is 2.14. The van der Waals surface area contributed by atoms with E-state index in [2.05, 4.69) is 13.2 Å². The second-order valence-corrected chi connectivity index (χ2v) is 11.1. The number of carbonyl (C=O) groups is 3. The SMILES string of the molecule is C=CC(=O)OCCCCCCOc1ccc(C(=O)Oc2ccc(OC(O)c3ccc(OCCCCCCOC(=O)C=C)cc3)cc2C)cc1. The molecule has 0 saturated heterocycles. The van der Waals surface area contributed by atoms with Gasteiger partial charge >= 0.3 is 17.9 Å². The first-order valence-electron chi connectivity index (χ1n) is 16.5. The van der Waals surface area contributed by atoms with Crippen molar-refractivity contribution in [3.05, 3.63) is 109 Å². The van der Waals surface area contributed by atoms with Gasteiger partial charge in [0, 0.05) is 17.7 Å². The number of unbranched alkanes of at least 4 members (excludes halogenated alkanes) is 6. The van der Waals surface area contributed by atoms with Crippen molar-refractivity contribution in [2.75, 3.05) is 26.4 Å². The van der Waals surface area contributed by atoms with E-state index in [0.29, 0.717) is 66.1 Å². The molecule has 0 spiro atoms. The fourth-order valence-corrected chi connectivity index (χ4v) is 4.54. The van der Waals surface area contributed by atoms with Gasteiger partial charge < -0.3 is 33.5 Å². The summed E-state index contributed by atoms with van der Waals surface area (Å²) in [6, 6.07) is 18.7. The third-order valence-electron chi connectivity index (χ3n) is 7.29. The number of benzene rings is 3. The molecule has 0 aliphatic rings. The molecule has 0 heterocycles. The molecular weight excluding hydrogens is 628 g/mol. The summed E-state index contributed by atoms with van der Waals surface area (Å²) in [5, 5.41) is 10.6. The first-order valence-corrected chi connectivity index (χ1v) is 16.5. The van der Waals surface area contributed by atoms with Crippen molar-refractivity contribution in [3.63, 3.8) is 0 Å². The quantitative estimate of drug-likeness (QED) is 0.0353. The molecule has 0 amide bonds. The van der Waals surface area contributed by atoms with Crippen molar-refractivity contribution >= 4 is 17.9 Å². The maximum atomic E-state index is 12.8. The van der Waals surface area contributed by atoms with Crippen LogP contribution in [0.1, 0.15) is 79.1 Å². The second-order valence-electron chi connectivity index (χ2n) is 11.1. The number of aliphatic hydroxyl groups is 1.